The Morgan fingerprint density at radius 1 is 1.41 bits per heavy atom. The molecule has 118 valence electrons. The molecule has 1 fully saturated rings. The lowest BCUT2D eigenvalue weighted by Crippen LogP contribution is -2.38. The largest absolute Gasteiger partial charge is 0.348 e. The zero-order valence-electron chi connectivity index (χ0n) is 13.1. The van der Waals surface area contributed by atoms with Crippen molar-refractivity contribution in [2.24, 2.45) is 0 Å². The lowest BCUT2D eigenvalue weighted by molar-refractivity contribution is -0.122. The van der Waals surface area contributed by atoms with Gasteiger partial charge >= 0.3 is 0 Å². The summed E-state index contributed by atoms with van der Waals surface area (Å²) in [5.74, 6) is 0.781. The zero-order valence-corrected chi connectivity index (χ0v) is 13.1. The maximum Gasteiger partial charge on any atom is 0.234 e. The fourth-order valence-electron chi connectivity index (χ4n) is 2.83. The molecule has 0 aliphatic carbocycles. The summed E-state index contributed by atoms with van der Waals surface area (Å²) in [6.07, 6.45) is 3.02. The van der Waals surface area contributed by atoms with Gasteiger partial charge in [0, 0.05) is 25.3 Å². The van der Waals surface area contributed by atoms with E-state index in [1.165, 1.54) is 0 Å². The molecule has 1 aliphatic rings. The summed E-state index contributed by atoms with van der Waals surface area (Å²) in [4.78, 5) is 16.5. The van der Waals surface area contributed by atoms with Gasteiger partial charge in [0.25, 0.3) is 0 Å². The number of hydrogen-bond donors (Lipinski definition) is 1. The van der Waals surface area contributed by atoms with Crippen molar-refractivity contribution in [1.82, 2.24) is 29.7 Å². The molecule has 3 heterocycles. The summed E-state index contributed by atoms with van der Waals surface area (Å²) < 4.78 is 1.89. The van der Waals surface area contributed by atoms with Gasteiger partial charge in [-0.2, -0.15) is 0 Å². The third-order valence-corrected chi connectivity index (χ3v) is 4.17. The number of carbonyl (C=O) groups is 1. The monoisotopic (exact) mass is 302 g/mol. The summed E-state index contributed by atoms with van der Waals surface area (Å²) in [6.45, 7) is 2.77. The lowest BCUT2D eigenvalue weighted by atomic mass is 10.2. The molecule has 3 rings (SSSR count). The number of likely N-dealkylation sites (tertiary alicyclic amines) is 1. The van der Waals surface area contributed by atoms with Gasteiger partial charge in [-0.15, -0.1) is 10.2 Å². The normalized spacial score (nSPS) is 19.1. The molecule has 2 aromatic heterocycles. The van der Waals surface area contributed by atoms with E-state index in [2.05, 4.69) is 39.4 Å². The molecule has 0 unspecified atom stereocenters. The van der Waals surface area contributed by atoms with E-state index in [0.29, 0.717) is 19.1 Å². The Balaban J connectivity index is 1.51. The molecule has 0 saturated carbocycles. The molecule has 2 aromatic rings. The quantitative estimate of drug-likeness (QED) is 0.841. The average Bonchev–Trinajstić information content (AvgIpc) is 3.12. The molecule has 0 radical (unpaired) electrons. The van der Waals surface area contributed by atoms with Gasteiger partial charge in [-0.3, -0.25) is 14.1 Å². The molecule has 0 aromatic carbocycles. The Morgan fingerprint density at radius 2 is 2.27 bits per heavy atom. The summed E-state index contributed by atoms with van der Waals surface area (Å²) >= 11 is 0. The summed E-state index contributed by atoms with van der Waals surface area (Å²) in [6, 6.07) is 6.28. The summed E-state index contributed by atoms with van der Waals surface area (Å²) in [5.41, 5.74) is 0.792. The van der Waals surface area contributed by atoms with E-state index in [-0.39, 0.29) is 5.91 Å². The second-order valence-corrected chi connectivity index (χ2v) is 5.96. The van der Waals surface area contributed by atoms with Crippen LogP contribution in [-0.2, 0) is 11.3 Å². The van der Waals surface area contributed by atoms with Crippen LogP contribution in [0.3, 0.4) is 0 Å². The molecule has 7 heteroatoms. The van der Waals surface area contributed by atoms with Gasteiger partial charge in [0.05, 0.1) is 13.1 Å². The van der Waals surface area contributed by atoms with Gasteiger partial charge in [0.1, 0.15) is 0 Å². The van der Waals surface area contributed by atoms with Crippen molar-refractivity contribution in [3.63, 3.8) is 0 Å². The summed E-state index contributed by atoms with van der Waals surface area (Å²) in [5, 5.41) is 11.1. The number of rotatable bonds is 5. The number of hydrogen-bond acceptors (Lipinski definition) is 5. The molecule has 1 saturated heterocycles. The third kappa shape index (κ3) is 3.26. The minimum Gasteiger partial charge on any atom is -0.348 e. The van der Waals surface area contributed by atoms with E-state index >= 15 is 0 Å². The van der Waals surface area contributed by atoms with E-state index in [0.717, 1.165) is 31.0 Å². The van der Waals surface area contributed by atoms with Gasteiger partial charge in [-0.05, 0) is 32.6 Å². The molecule has 7 nitrogen and oxygen atoms in total. The van der Waals surface area contributed by atoms with Crippen molar-refractivity contribution >= 4 is 11.6 Å². The van der Waals surface area contributed by atoms with Crippen LogP contribution in [-0.4, -0.2) is 70.1 Å². The summed E-state index contributed by atoms with van der Waals surface area (Å²) in [7, 11) is 4.18. The van der Waals surface area contributed by atoms with Crippen molar-refractivity contribution in [3.8, 4) is 0 Å². The standard InChI is InChI=1S/C15H22N6O/c1-19(2)12-6-8-20(10-12)11-15(22)16-9-14-18-17-13-5-3-4-7-21(13)14/h3-5,7,12H,6,8-11H2,1-2H3,(H,16,22)/t12-/m0/s1. The van der Waals surface area contributed by atoms with E-state index in [9.17, 15) is 4.79 Å². The number of amides is 1. The fraction of sp³-hybridized carbons (Fsp3) is 0.533. The van der Waals surface area contributed by atoms with E-state index in [4.69, 9.17) is 0 Å². The van der Waals surface area contributed by atoms with E-state index < -0.39 is 0 Å². The number of likely N-dealkylation sites (N-methyl/N-ethyl adjacent to an activating group) is 1. The minimum absolute atomic E-state index is 0.0343. The van der Waals surface area contributed by atoms with Crippen LogP contribution in [0.1, 0.15) is 12.2 Å². The van der Waals surface area contributed by atoms with Crippen molar-refractivity contribution in [2.45, 2.75) is 19.0 Å². The van der Waals surface area contributed by atoms with Gasteiger partial charge in [-0.25, -0.2) is 0 Å². The first kappa shape index (κ1) is 14.9. The van der Waals surface area contributed by atoms with Crippen LogP contribution >= 0.6 is 0 Å². The Labute approximate surface area is 129 Å². The van der Waals surface area contributed by atoms with E-state index in [1.807, 2.05) is 28.8 Å². The van der Waals surface area contributed by atoms with Crippen molar-refractivity contribution in [2.75, 3.05) is 33.7 Å². The molecule has 22 heavy (non-hydrogen) atoms. The molecular weight excluding hydrogens is 280 g/mol. The van der Waals surface area contributed by atoms with Crippen molar-refractivity contribution < 1.29 is 4.79 Å². The van der Waals surface area contributed by atoms with Crippen molar-refractivity contribution in [3.05, 3.63) is 30.2 Å². The number of nitrogens with zero attached hydrogens (tertiary/aromatic N) is 5. The fourth-order valence-corrected chi connectivity index (χ4v) is 2.83. The maximum atomic E-state index is 12.1. The topological polar surface area (TPSA) is 65.8 Å². The molecule has 0 spiro atoms. The Bertz CT molecular complexity index is 652. The van der Waals surface area contributed by atoms with Crippen LogP contribution in [0.5, 0.6) is 0 Å². The Morgan fingerprint density at radius 3 is 3.05 bits per heavy atom. The van der Waals surface area contributed by atoms with Crippen LogP contribution in [0.2, 0.25) is 0 Å². The van der Waals surface area contributed by atoms with Gasteiger partial charge in [0.2, 0.25) is 5.91 Å². The molecule has 1 aliphatic heterocycles. The van der Waals surface area contributed by atoms with Crippen LogP contribution in [0.15, 0.2) is 24.4 Å². The number of aromatic nitrogens is 3. The number of nitrogens with one attached hydrogen (secondary N) is 1. The molecule has 1 N–H and O–H groups in total. The first-order valence-electron chi connectivity index (χ1n) is 7.57. The molecule has 0 bridgehead atoms. The second kappa shape index (κ2) is 6.41. The number of fused-ring (bicyclic) bond motifs is 1. The Kier molecular flexibility index (Phi) is 4.35. The van der Waals surface area contributed by atoms with Crippen LogP contribution in [0.25, 0.3) is 5.65 Å². The highest BCUT2D eigenvalue weighted by molar-refractivity contribution is 5.78. The van der Waals surface area contributed by atoms with Crippen molar-refractivity contribution in [1.29, 1.82) is 0 Å². The first-order valence-corrected chi connectivity index (χ1v) is 7.57. The van der Waals surface area contributed by atoms with Gasteiger partial charge < -0.3 is 10.2 Å². The smallest absolute Gasteiger partial charge is 0.234 e. The van der Waals surface area contributed by atoms with Crippen LogP contribution < -0.4 is 5.32 Å². The van der Waals surface area contributed by atoms with Gasteiger partial charge in [-0.1, -0.05) is 6.07 Å². The molecule has 1 amide bonds. The molecule has 1 atom stereocenters. The third-order valence-electron chi connectivity index (χ3n) is 4.17. The predicted octanol–water partition coefficient (Wildman–Crippen LogP) is -0.0186. The van der Waals surface area contributed by atoms with Gasteiger partial charge in [0.15, 0.2) is 11.5 Å². The lowest BCUT2D eigenvalue weighted by Gasteiger charge is -2.19. The number of carbonyl (C=O) groups excluding carboxylic acids is 1. The first-order chi connectivity index (χ1) is 10.6. The predicted molar refractivity (Wildman–Crippen MR) is 83.4 cm³/mol. The highest BCUT2D eigenvalue weighted by Crippen LogP contribution is 2.12. The highest BCUT2D eigenvalue weighted by Gasteiger charge is 2.25. The van der Waals surface area contributed by atoms with Crippen LogP contribution in [0, 0.1) is 0 Å². The SMILES string of the molecule is CN(C)[C@H]1CCN(CC(=O)NCc2nnc3ccccn23)C1. The average molecular weight is 302 g/mol. The molecular formula is C15H22N6O. The van der Waals surface area contributed by atoms with Crippen LogP contribution in [0.4, 0.5) is 0 Å². The Hall–Kier alpha value is -1.99. The highest BCUT2D eigenvalue weighted by atomic mass is 16.2. The van der Waals surface area contributed by atoms with E-state index in [1.54, 1.807) is 0 Å². The maximum absolute atomic E-state index is 12.1. The second-order valence-electron chi connectivity index (χ2n) is 5.96. The zero-order chi connectivity index (χ0) is 15.5. The minimum atomic E-state index is 0.0343. The number of pyridine rings is 1.